The van der Waals surface area contributed by atoms with Gasteiger partial charge in [0.2, 0.25) is 0 Å². The van der Waals surface area contributed by atoms with Gasteiger partial charge in [0.25, 0.3) is 5.69 Å². The Morgan fingerprint density at radius 2 is 2.21 bits per heavy atom. The van der Waals surface area contributed by atoms with Crippen LogP contribution in [0, 0.1) is 10.1 Å². The Bertz CT molecular complexity index is 600. The van der Waals surface area contributed by atoms with Gasteiger partial charge in [-0.3, -0.25) is 10.1 Å². The lowest BCUT2D eigenvalue weighted by molar-refractivity contribution is -0.384. The summed E-state index contributed by atoms with van der Waals surface area (Å²) in [5, 5.41) is 14.0. The van der Waals surface area contributed by atoms with Gasteiger partial charge in [0.1, 0.15) is 11.4 Å². The zero-order chi connectivity index (χ0) is 13.8. The maximum absolute atomic E-state index is 10.9. The summed E-state index contributed by atoms with van der Waals surface area (Å²) in [6.07, 6.45) is 0. The van der Waals surface area contributed by atoms with Crippen LogP contribution in [0.2, 0.25) is 4.34 Å². The van der Waals surface area contributed by atoms with Crippen molar-refractivity contribution in [1.82, 2.24) is 0 Å². The lowest BCUT2D eigenvalue weighted by Gasteiger charge is -2.07. The zero-order valence-electron chi connectivity index (χ0n) is 10.1. The van der Waals surface area contributed by atoms with Gasteiger partial charge in [0.15, 0.2) is 0 Å². The molecule has 0 saturated carbocycles. The van der Waals surface area contributed by atoms with Crippen LogP contribution in [0.15, 0.2) is 30.3 Å². The molecule has 2 aromatic rings. The second kappa shape index (κ2) is 5.90. The first-order chi connectivity index (χ1) is 9.10. The number of anilines is 1. The molecule has 1 N–H and O–H groups in total. The van der Waals surface area contributed by atoms with E-state index in [0.717, 1.165) is 4.88 Å². The normalized spacial score (nSPS) is 10.2. The summed E-state index contributed by atoms with van der Waals surface area (Å²) in [6.45, 7) is 0.478. The molecule has 0 amide bonds. The van der Waals surface area contributed by atoms with Crippen LogP contribution in [-0.2, 0) is 6.54 Å². The maximum atomic E-state index is 10.9. The number of hydrogen-bond acceptors (Lipinski definition) is 5. The highest BCUT2D eigenvalue weighted by atomic mass is 35.5. The van der Waals surface area contributed by atoms with Gasteiger partial charge in [-0.15, -0.1) is 11.3 Å². The molecule has 0 saturated heterocycles. The van der Waals surface area contributed by atoms with Crippen LogP contribution < -0.4 is 10.1 Å². The van der Waals surface area contributed by atoms with Crippen molar-refractivity contribution in [2.24, 2.45) is 0 Å². The number of nitro benzene ring substituents is 1. The van der Waals surface area contributed by atoms with Gasteiger partial charge in [-0.05, 0) is 18.2 Å². The molecule has 0 spiro atoms. The molecule has 5 nitrogen and oxygen atoms in total. The Morgan fingerprint density at radius 3 is 2.79 bits per heavy atom. The van der Waals surface area contributed by atoms with Crippen molar-refractivity contribution in [1.29, 1.82) is 0 Å². The average Bonchev–Trinajstić information content (AvgIpc) is 2.81. The molecule has 0 aliphatic heterocycles. The predicted molar refractivity (Wildman–Crippen MR) is 76.3 cm³/mol. The highest BCUT2D eigenvalue weighted by molar-refractivity contribution is 7.16. The highest BCUT2D eigenvalue weighted by Crippen LogP contribution is 2.30. The van der Waals surface area contributed by atoms with Crippen LogP contribution in [0.25, 0.3) is 0 Å². The average molecular weight is 299 g/mol. The van der Waals surface area contributed by atoms with E-state index in [0.29, 0.717) is 22.3 Å². The fourth-order valence-electron chi connectivity index (χ4n) is 1.57. The molecule has 0 radical (unpaired) electrons. The zero-order valence-corrected chi connectivity index (χ0v) is 11.6. The number of thiophene rings is 1. The molecule has 0 bridgehead atoms. The van der Waals surface area contributed by atoms with Crippen molar-refractivity contribution in [2.75, 3.05) is 12.4 Å². The Hall–Kier alpha value is -1.79. The van der Waals surface area contributed by atoms with Crippen molar-refractivity contribution in [3.8, 4) is 5.75 Å². The van der Waals surface area contributed by atoms with Gasteiger partial charge in [-0.2, -0.15) is 0 Å². The van der Waals surface area contributed by atoms with E-state index >= 15 is 0 Å². The van der Waals surface area contributed by atoms with Crippen LogP contribution in [0.3, 0.4) is 0 Å². The Labute approximate surface area is 118 Å². The summed E-state index contributed by atoms with van der Waals surface area (Å²) in [5.41, 5.74) is 0.442. The lowest BCUT2D eigenvalue weighted by Crippen LogP contribution is -2.01. The first-order valence-electron chi connectivity index (χ1n) is 5.40. The van der Waals surface area contributed by atoms with Crippen LogP contribution in [0.1, 0.15) is 4.88 Å². The van der Waals surface area contributed by atoms with Gasteiger partial charge in [-0.1, -0.05) is 11.6 Å². The molecule has 1 heterocycles. The van der Waals surface area contributed by atoms with E-state index in [9.17, 15) is 10.1 Å². The molecule has 0 atom stereocenters. The van der Waals surface area contributed by atoms with Crippen molar-refractivity contribution >= 4 is 34.3 Å². The van der Waals surface area contributed by atoms with Crippen LogP contribution in [0.5, 0.6) is 5.75 Å². The number of rotatable bonds is 5. The second-order valence-corrected chi connectivity index (χ2v) is 5.50. The molecule has 2 rings (SSSR count). The summed E-state index contributed by atoms with van der Waals surface area (Å²) >= 11 is 7.27. The third-order valence-corrected chi connectivity index (χ3v) is 3.71. The smallest absolute Gasteiger partial charge is 0.292 e. The third kappa shape index (κ3) is 3.36. The Balaban J connectivity index is 2.19. The summed E-state index contributed by atoms with van der Waals surface area (Å²) in [7, 11) is 1.52. The standard InChI is InChI=1S/C12H11ClN2O3S/c1-18-8-2-4-11(15(16)17)10(6-8)14-7-9-3-5-12(13)19-9/h2-6,14H,7H2,1H3. The number of nitro groups is 1. The van der Waals surface area contributed by atoms with Crippen LogP contribution >= 0.6 is 22.9 Å². The van der Waals surface area contributed by atoms with Crippen molar-refractivity contribution in [3.05, 3.63) is 49.7 Å². The molecule has 0 aliphatic carbocycles. The second-order valence-electron chi connectivity index (χ2n) is 3.70. The molecule has 0 aliphatic rings. The molecule has 100 valence electrons. The number of methoxy groups -OCH3 is 1. The quantitative estimate of drug-likeness (QED) is 0.671. The number of nitrogens with zero attached hydrogens (tertiary/aromatic N) is 1. The van der Waals surface area contributed by atoms with Gasteiger partial charge in [0, 0.05) is 23.6 Å². The summed E-state index contributed by atoms with van der Waals surface area (Å²) < 4.78 is 5.76. The molecular weight excluding hydrogens is 288 g/mol. The van der Waals surface area contributed by atoms with Gasteiger partial charge in [0.05, 0.1) is 16.4 Å². The fraction of sp³-hybridized carbons (Fsp3) is 0.167. The van der Waals surface area contributed by atoms with Crippen LogP contribution in [-0.4, -0.2) is 12.0 Å². The topological polar surface area (TPSA) is 64.4 Å². The van der Waals surface area contributed by atoms with E-state index < -0.39 is 4.92 Å². The number of halogens is 1. The summed E-state index contributed by atoms with van der Waals surface area (Å²) in [4.78, 5) is 11.5. The predicted octanol–water partition coefficient (Wildman–Crippen LogP) is 3.93. The minimum absolute atomic E-state index is 0.0171. The third-order valence-electron chi connectivity index (χ3n) is 2.48. The minimum atomic E-state index is -0.427. The highest BCUT2D eigenvalue weighted by Gasteiger charge is 2.14. The number of hydrogen-bond donors (Lipinski definition) is 1. The van der Waals surface area contributed by atoms with E-state index in [4.69, 9.17) is 16.3 Å². The van der Waals surface area contributed by atoms with E-state index in [1.165, 1.54) is 24.5 Å². The van der Waals surface area contributed by atoms with Gasteiger partial charge >= 0.3 is 0 Å². The SMILES string of the molecule is COc1ccc([N+](=O)[O-])c(NCc2ccc(Cl)s2)c1. The number of nitrogens with one attached hydrogen (secondary N) is 1. The van der Waals surface area contributed by atoms with E-state index in [1.807, 2.05) is 6.07 Å². The first kappa shape index (κ1) is 13.6. The minimum Gasteiger partial charge on any atom is -0.497 e. The van der Waals surface area contributed by atoms with E-state index in [-0.39, 0.29) is 5.69 Å². The Morgan fingerprint density at radius 1 is 1.42 bits per heavy atom. The van der Waals surface area contributed by atoms with E-state index in [2.05, 4.69) is 5.32 Å². The molecule has 7 heteroatoms. The van der Waals surface area contributed by atoms with Gasteiger partial charge < -0.3 is 10.1 Å². The molecule has 0 fully saturated rings. The molecule has 19 heavy (non-hydrogen) atoms. The van der Waals surface area contributed by atoms with Crippen molar-refractivity contribution in [2.45, 2.75) is 6.54 Å². The molecule has 1 aromatic heterocycles. The van der Waals surface area contributed by atoms with Crippen molar-refractivity contribution < 1.29 is 9.66 Å². The largest absolute Gasteiger partial charge is 0.497 e. The van der Waals surface area contributed by atoms with Crippen LogP contribution in [0.4, 0.5) is 11.4 Å². The Kier molecular flexibility index (Phi) is 4.24. The van der Waals surface area contributed by atoms with E-state index in [1.54, 1.807) is 18.2 Å². The van der Waals surface area contributed by atoms with Crippen molar-refractivity contribution in [3.63, 3.8) is 0 Å². The monoisotopic (exact) mass is 298 g/mol. The fourth-order valence-corrected chi connectivity index (χ4v) is 2.60. The number of benzene rings is 1. The first-order valence-corrected chi connectivity index (χ1v) is 6.60. The molecule has 1 aromatic carbocycles. The van der Waals surface area contributed by atoms with Gasteiger partial charge in [-0.25, -0.2) is 0 Å². The lowest BCUT2D eigenvalue weighted by atomic mass is 10.2. The number of ether oxygens (including phenoxy) is 1. The molecular formula is C12H11ClN2O3S. The molecule has 0 unspecified atom stereocenters. The maximum Gasteiger partial charge on any atom is 0.292 e. The summed E-state index contributed by atoms with van der Waals surface area (Å²) in [6, 6.07) is 8.26. The summed E-state index contributed by atoms with van der Waals surface area (Å²) in [5.74, 6) is 0.567.